The number of fused-ring (bicyclic) bond motifs is 2. The van der Waals surface area contributed by atoms with Crippen molar-refractivity contribution in [3.05, 3.63) is 60.4 Å². The Balaban J connectivity index is 1.58. The zero-order chi connectivity index (χ0) is 25.9. The van der Waals surface area contributed by atoms with Crippen LogP contribution < -0.4 is 5.32 Å². The molecule has 0 bridgehead atoms. The van der Waals surface area contributed by atoms with Gasteiger partial charge in [0.25, 0.3) is 5.91 Å². The summed E-state index contributed by atoms with van der Waals surface area (Å²) in [5, 5.41) is 13.7. The van der Waals surface area contributed by atoms with E-state index in [-0.39, 0.29) is 29.9 Å². The molecule has 5 rings (SSSR count). The average Bonchev–Trinajstić information content (AvgIpc) is 3.45. The van der Waals surface area contributed by atoms with E-state index >= 15 is 0 Å². The Bertz CT molecular complexity index is 1130. The van der Waals surface area contributed by atoms with Crippen molar-refractivity contribution >= 4 is 17.8 Å². The zero-order valence-electron chi connectivity index (χ0n) is 21.0. The van der Waals surface area contributed by atoms with Crippen molar-refractivity contribution in [2.24, 2.45) is 23.7 Å². The van der Waals surface area contributed by atoms with E-state index < -0.39 is 40.6 Å². The summed E-state index contributed by atoms with van der Waals surface area (Å²) in [7, 11) is 0. The van der Waals surface area contributed by atoms with E-state index in [1.165, 1.54) is 6.92 Å². The molecule has 1 spiro atoms. The van der Waals surface area contributed by atoms with Gasteiger partial charge in [-0.05, 0) is 44.2 Å². The molecule has 36 heavy (non-hydrogen) atoms. The number of allylic oxidation sites excluding steroid dienone is 1. The molecule has 1 aliphatic carbocycles. The molecule has 1 amide bonds. The maximum atomic E-state index is 13.8. The fraction of sp³-hybridized carbons (Fsp3) is 0.536. The number of ketones is 1. The van der Waals surface area contributed by atoms with Gasteiger partial charge < -0.3 is 24.6 Å². The molecular weight excluding hydrogens is 462 g/mol. The van der Waals surface area contributed by atoms with Gasteiger partial charge in [0, 0.05) is 17.9 Å². The van der Waals surface area contributed by atoms with Gasteiger partial charge in [-0.3, -0.25) is 9.59 Å². The Labute approximate surface area is 210 Å². The van der Waals surface area contributed by atoms with Gasteiger partial charge in [-0.25, -0.2) is 4.79 Å². The molecule has 1 aromatic rings. The summed E-state index contributed by atoms with van der Waals surface area (Å²) in [5.41, 5.74) is -2.76. The lowest BCUT2D eigenvalue weighted by atomic mass is 9.59. The standard InChI is InChI=1S/C28H33NO7/c1-16-9-8-12-19-23-27(4,35-23)17(2)21-20(15-18-10-6-5-7-11-18)29-24(31)28(19,21)36-25(32)34-14-13-26(3,33)22(16)30/h5-8,10-14,16-17,19-21,23,33H,9,15H2,1-4H3,(H,29,31)/b12-8-,14-13-/t16-,17-,19+,20+,21-,23+,26+,27+,28-/m0/s1. The highest BCUT2D eigenvalue weighted by molar-refractivity contribution is 5.92. The molecule has 3 heterocycles. The topological polar surface area (TPSA) is 114 Å². The van der Waals surface area contributed by atoms with E-state index in [0.717, 1.165) is 17.9 Å². The van der Waals surface area contributed by atoms with E-state index in [9.17, 15) is 19.5 Å². The fourth-order valence-electron chi connectivity index (χ4n) is 6.51. The Kier molecular flexibility index (Phi) is 5.87. The summed E-state index contributed by atoms with van der Waals surface area (Å²) in [5.74, 6) is -2.32. The van der Waals surface area contributed by atoms with Gasteiger partial charge in [0.1, 0.15) is 5.60 Å². The molecule has 9 atom stereocenters. The first-order chi connectivity index (χ1) is 17.0. The van der Waals surface area contributed by atoms with Crippen LogP contribution in [0.25, 0.3) is 0 Å². The molecule has 192 valence electrons. The lowest BCUT2D eigenvalue weighted by molar-refractivity contribution is -0.153. The van der Waals surface area contributed by atoms with Crippen LogP contribution in [0.3, 0.4) is 0 Å². The first kappa shape index (κ1) is 24.7. The third-order valence-corrected chi connectivity index (χ3v) is 8.64. The third-order valence-electron chi connectivity index (χ3n) is 8.64. The van der Waals surface area contributed by atoms with Crippen molar-refractivity contribution in [2.75, 3.05) is 0 Å². The lowest BCUT2D eigenvalue weighted by Crippen LogP contribution is -2.61. The van der Waals surface area contributed by atoms with Crippen LogP contribution in [-0.2, 0) is 30.2 Å². The van der Waals surface area contributed by atoms with Crippen LogP contribution in [0.15, 0.2) is 54.8 Å². The second-order valence-electron chi connectivity index (χ2n) is 11.0. The molecule has 3 aliphatic heterocycles. The number of Topliss-reactive ketones (excluding diaryl/α,β-unsaturated/α-hetero) is 1. The fourth-order valence-corrected chi connectivity index (χ4v) is 6.51. The van der Waals surface area contributed by atoms with Crippen molar-refractivity contribution in [3.63, 3.8) is 0 Å². The molecule has 1 saturated carbocycles. The minimum absolute atomic E-state index is 0.0972. The van der Waals surface area contributed by atoms with Crippen LogP contribution in [-0.4, -0.2) is 51.9 Å². The number of rotatable bonds is 2. The highest BCUT2D eigenvalue weighted by atomic mass is 16.7. The number of hydrogen-bond acceptors (Lipinski definition) is 7. The monoisotopic (exact) mass is 495 g/mol. The van der Waals surface area contributed by atoms with E-state index in [1.807, 2.05) is 56.3 Å². The lowest BCUT2D eigenvalue weighted by Gasteiger charge is -2.45. The largest absolute Gasteiger partial charge is 0.514 e. The van der Waals surface area contributed by atoms with Crippen LogP contribution in [0.5, 0.6) is 0 Å². The molecule has 0 aromatic heterocycles. The summed E-state index contributed by atoms with van der Waals surface area (Å²) in [4.78, 5) is 39.5. The van der Waals surface area contributed by atoms with Gasteiger partial charge in [0.05, 0.1) is 23.9 Å². The minimum Gasteiger partial charge on any atom is -0.416 e. The van der Waals surface area contributed by atoms with Crippen LogP contribution >= 0.6 is 0 Å². The van der Waals surface area contributed by atoms with Crippen LogP contribution in [0.4, 0.5) is 4.79 Å². The highest BCUT2D eigenvalue weighted by Crippen LogP contribution is 2.63. The molecule has 0 unspecified atom stereocenters. The molecular formula is C28H33NO7. The van der Waals surface area contributed by atoms with E-state index in [1.54, 1.807) is 6.92 Å². The van der Waals surface area contributed by atoms with Gasteiger partial charge in [-0.15, -0.1) is 0 Å². The number of nitrogens with one attached hydrogen (secondary N) is 1. The quantitative estimate of drug-likeness (QED) is 0.368. The smallest absolute Gasteiger partial charge is 0.416 e. The number of aliphatic hydroxyl groups is 1. The number of amides is 1. The summed E-state index contributed by atoms with van der Waals surface area (Å²) >= 11 is 0. The normalized spacial score (nSPS) is 45.8. The van der Waals surface area contributed by atoms with E-state index in [4.69, 9.17) is 14.2 Å². The number of hydrogen-bond donors (Lipinski definition) is 2. The first-order valence-corrected chi connectivity index (χ1v) is 12.5. The van der Waals surface area contributed by atoms with Gasteiger partial charge in [-0.1, -0.05) is 56.3 Å². The Morgan fingerprint density at radius 3 is 2.56 bits per heavy atom. The van der Waals surface area contributed by atoms with Gasteiger partial charge in [0.2, 0.25) is 5.60 Å². The van der Waals surface area contributed by atoms with Crippen molar-refractivity contribution in [2.45, 2.75) is 69.5 Å². The van der Waals surface area contributed by atoms with Gasteiger partial charge in [-0.2, -0.15) is 0 Å². The predicted octanol–water partition coefficient (Wildman–Crippen LogP) is 3.09. The predicted molar refractivity (Wildman–Crippen MR) is 129 cm³/mol. The first-order valence-electron chi connectivity index (χ1n) is 12.5. The average molecular weight is 496 g/mol. The van der Waals surface area contributed by atoms with Crippen LogP contribution in [0, 0.1) is 23.7 Å². The van der Waals surface area contributed by atoms with Crippen molar-refractivity contribution in [1.29, 1.82) is 0 Å². The third kappa shape index (κ3) is 3.78. The molecule has 0 radical (unpaired) electrons. The van der Waals surface area contributed by atoms with Crippen molar-refractivity contribution in [3.8, 4) is 0 Å². The van der Waals surface area contributed by atoms with Crippen molar-refractivity contribution < 1.29 is 33.7 Å². The highest BCUT2D eigenvalue weighted by Gasteiger charge is 2.78. The SMILES string of the molecule is C[C@H]1C/C=C\[C@@H]2[C@H]3O[C@]3(C)[C@@H](C)[C@H]3[C@@H](Cc4ccccc4)NC(=O)[C@@]32OC(=O)O/C=C\[C@@](C)(O)C1=O. The summed E-state index contributed by atoms with van der Waals surface area (Å²) in [6, 6.07) is 9.58. The van der Waals surface area contributed by atoms with Gasteiger partial charge in [0.15, 0.2) is 5.78 Å². The summed E-state index contributed by atoms with van der Waals surface area (Å²) in [6.45, 7) is 7.15. The Morgan fingerprint density at radius 2 is 1.83 bits per heavy atom. The molecule has 2 saturated heterocycles. The molecule has 4 aliphatic rings. The number of ether oxygens (including phenoxy) is 3. The zero-order valence-corrected chi connectivity index (χ0v) is 21.0. The minimum atomic E-state index is -1.81. The second-order valence-corrected chi connectivity index (χ2v) is 11.0. The van der Waals surface area contributed by atoms with Gasteiger partial charge >= 0.3 is 6.16 Å². The Morgan fingerprint density at radius 1 is 1.11 bits per heavy atom. The molecule has 1 aromatic carbocycles. The number of benzene rings is 1. The van der Waals surface area contributed by atoms with E-state index in [0.29, 0.717) is 12.8 Å². The molecule has 2 N–H and O–H groups in total. The van der Waals surface area contributed by atoms with E-state index in [2.05, 4.69) is 5.32 Å². The summed E-state index contributed by atoms with van der Waals surface area (Å²) in [6.07, 6.45) is 5.28. The maximum Gasteiger partial charge on any atom is 0.514 e. The molecule has 8 heteroatoms. The van der Waals surface area contributed by atoms with Crippen LogP contribution in [0.2, 0.25) is 0 Å². The Hall–Kier alpha value is -2.97. The number of cyclic esters (lactones) is 1. The van der Waals surface area contributed by atoms with Crippen molar-refractivity contribution in [1.82, 2.24) is 5.32 Å². The van der Waals surface area contributed by atoms with Crippen LogP contribution in [0.1, 0.15) is 39.7 Å². The molecule has 3 fully saturated rings. The maximum absolute atomic E-state index is 13.8. The summed E-state index contributed by atoms with van der Waals surface area (Å²) < 4.78 is 17.3. The number of carbonyl (C=O) groups excluding carboxylic acids is 3. The number of carbonyl (C=O) groups is 3. The molecule has 8 nitrogen and oxygen atoms in total. The number of epoxide rings is 1. The second kappa shape index (κ2) is 8.56.